The molecule has 10 rings (SSSR count). The Kier molecular flexibility index (Phi) is 1.96. The van der Waals surface area contributed by atoms with Crippen molar-refractivity contribution in [3.63, 3.8) is 0 Å². The van der Waals surface area contributed by atoms with Crippen LogP contribution in [0.3, 0.4) is 0 Å². The summed E-state index contributed by atoms with van der Waals surface area (Å²) in [5.74, 6) is -1.18. The van der Waals surface area contributed by atoms with Crippen LogP contribution in [0.1, 0.15) is 32.9 Å². The molecular formula is C42H24O. The maximum Gasteiger partial charge on any atom is 0.135 e. The Labute approximate surface area is 282 Å². The molecule has 0 saturated carbocycles. The number of benzene rings is 9. The van der Waals surface area contributed by atoms with Gasteiger partial charge in [-0.3, -0.25) is 0 Å². The van der Waals surface area contributed by atoms with E-state index in [0.29, 0.717) is 0 Å². The van der Waals surface area contributed by atoms with Crippen molar-refractivity contribution in [2.75, 3.05) is 0 Å². The highest BCUT2D eigenvalue weighted by atomic mass is 16.5. The minimum absolute atomic E-state index is 0.288. The first-order valence-electron chi connectivity index (χ1n) is 24.9. The van der Waals surface area contributed by atoms with Crippen LogP contribution < -0.4 is 4.74 Å². The lowest BCUT2D eigenvalue weighted by atomic mass is 9.84. The summed E-state index contributed by atoms with van der Waals surface area (Å²) >= 11 is 0. The van der Waals surface area contributed by atoms with Crippen molar-refractivity contribution in [3.8, 4) is 44.9 Å². The second-order valence-corrected chi connectivity index (χ2v) is 9.76. The third-order valence-corrected chi connectivity index (χ3v) is 7.51. The van der Waals surface area contributed by atoms with E-state index in [0.717, 1.165) is 0 Å². The molecule has 0 bridgehead atoms. The number of fused-ring (bicyclic) bond motifs is 3. The lowest BCUT2D eigenvalue weighted by Gasteiger charge is -2.23. The minimum Gasteiger partial charge on any atom is -0.456 e. The number of ether oxygens (including phenoxy) is 1. The van der Waals surface area contributed by atoms with Crippen molar-refractivity contribution in [2.45, 2.75) is 0 Å². The lowest BCUT2D eigenvalue weighted by molar-refractivity contribution is 0.487. The topological polar surface area (TPSA) is 9.23 Å². The average Bonchev–Trinajstić information content (AvgIpc) is 3.29. The predicted octanol–water partition coefficient (Wildman–Crippen LogP) is 12.0. The van der Waals surface area contributed by atoms with Gasteiger partial charge in [-0.2, -0.15) is 0 Å². The monoisotopic (exact) mass is 568 g/mol. The van der Waals surface area contributed by atoms with Crippen molar-refractivity contribution < 1.29 is 37.6 Å². The molecule has 0 spiro atoms. The Morgan fingerprint density at radius 3 is 1.91 bits per heavy atom. The molecule has 1 heteroatoms. The van der Waals surface area contributed by atoms with E-state index in [-0.39, 0.29) is 16.2 Å². The first kappa shape index (κ1) is 9.97. The zero-order chi connectivity index (χ0) is 49.0. The molecule has 198 valence electrons. The quantitative estimate of drug-likeness (QED) is 0.188. The van der Waals surface area contributed by atoms with E-state index < -0.39 is 228 Å². The summed E-state index contributed by atoms with van der Waals surface area (Å²) in [5, 5.41) is -4.53. The Hall–Kier alpha value is -5.66. The summed E-state index contributed by atoms with van der Waals surface area (Å²) in [4.78, 5) is 0. The second kappa shape index (κ2) is 8.44. The van der Waals surface area contributed by atoms with Crippen LogP contribution in [0, 0.1) is 0 Å². The summed E-state index contributed by atoms with van der Waals surface area (Å²) < 4.78 is 223. The van der Waals surface area contributed by atoms with Crippen molar-refractivity contribution in [1.82, 2.24) is 0 Å². The fourth-order valence-electron chi connectivity index (χ4n) is 5.67. The first-order valence-corrected chi connectivity index (χ1v) is 12.9. The molecule has 0 fully saturated rings. The van der Waals surface area contributed by atoms with Gasteiger partial charge in [0.25, 0.3) is 0 Å². The largest absolute Gasteiger partial charge is 0.456 e. The summed E-state index contributed by atoms with van der Waals surface area (Å²) in [5.41, 5.74) is -3.93. The zero-order valence-electron chi connectivity index (χ0n) is 45.4. The molecule has 1 aliphatic heterocycles. The molecule has 9 aromatic carbocycles. The molecule has 1 heterocycles. The molecule has 0 aliphatic carbocycles. The summed E-state index contributed by atoms with van der Waals surface area (Å²) in [6.45, 7) is 0. The highest BCUT2D eigenvalue weighted by Gasteiger charge is 2.22. The molecular weight excluding hydrogens is 520 g/mol. The first-order chi connectivity index (χ1) is 31.3. The molecule has 0 saturated heterocycles. The van der Waals surface area contributed by atoms with Gasteiger partial charge in [-0.05, 0) is 94.4 Å². The van der Waals surface area contributed by atoms with Crippen LogP contribution in [0.2, 0.25) is 0 Å². The normalized spacial score (nSPS) is 20.2. The van der Waals surface area contributed by atoms with Crippen LogP contribution in [0.25, 0.3) is 87.2 Å². The number of rotatable bonds is 2. The molecule has 1 nitrogen and oxygen atoms in total. The van der Waals surface area contributed by atoms with Gasteiger partial charge in [0.05, 0.1) is 32.9 Å². The average molecular weight is 569 g/mol. The van der Waals surface area contributed by atoms with Crippen molar-refractivity contribution in [2.24, 2.45) is 0 Å². The molecule has 0 radical (unpaired) electrons. The molecule has 0 aromatic heterocycles. The third-order valence-electron chi connectivity index (χ3n) is 7.51. The fraction of sp³-hybridized carbons (Fsp3) is 0. The standard InChI is InChI=1S/C42H24O/c1-2-11-31-25(6-1)16-21-34(32-20-17-29-15-14-27-7-3-8-28-18-22-35(32)42(29)39(27)28)40(31)30-19-23-37-36(24-30)33-12-4-9-26-10-5-13-38(43-37)41(26)33/h1-24H/i1D,2D,3D,4D,5D,6D,7D,8D,9D,10D,11D,12D,13D,14D,15D,16D,17D,18D,19D,20D,21D,22D,23D,24D. The predicted molar refractivity (Wildman–Crippen MR) is 182 cm³/mol. The molecule has 9 aromatic rings. The summed E-state index contributed by atoms with van der Waals surface area (Å²) in [7, 11) is 0. The summed E-state index contributed by atoms with van der Waals surface area (Å²) in [6.07, 6.45) is 0. The van der Waals surface area contributed by atoms with E-state index in [1.165, 1.54) is 0 Å². The highest BCUT2D eigenvalue weighted by molar-refractivity contribution is 6.26. The van der Waals surface area contributed by atoms with E-state index in [9.17, 15) is 13.7 Å². The van der Waals surface area contributed by atoms with Gasteiger partial charge in [0.1, 0.15) is 11.5 Å². The number of hydrogen-bond donors (Lipinski definition) is 0. The van der Waals surface area contributed by atoms with Gasteiger partial charge in [0.2, 0.25) is 0 Å². The molecule has 0 atom stereocenters. The smallest absolute Gasteiger partial charge is 0.135 e. The zero-order valence-corrected chi connectivity index (χ0v) is 21.4. The second-order valence-electron chi connectivity index (χ2n) is 9.76. The van der Waals surface area contributed by atoms with Gasteiger partial charge in [-0.15, -0.1) is 0 Å². The van der Waals surface area contributed by atoms with E-state index >= 15 is 0 Å². The Morgan fingerprint density at radius 1 is 0.372 bits per heavy atom. The molecule has 1 aliphatic rings. The van der Waals surface area contributed by atoms with Crippen molar-refractivity contribution in [3.05, 3.63) is 145 Å². The molecule has 0 N–H and O–H groups in total. The van der Waals surface area contributed by atoms with Crippen LogP contribution in [-0.2, 0) is 0 Å². The van der Waals surface area contributed by atoms with E-state index in [2.05, 4.69) is 0 Å². The van der Waals surface area contributed by atoms with Gasteiger partial charge >= 0.3 is 0 Å². The van der Waals surface area contributed by atoms with E-state index in [1.807, 2.05) is 0 Å². The SMILES string of the molecule is [2H]c1c([2H])c(-c2c(-c3c([2H])c([2H])c4c([2H])c([2H])c5c([2H])c([2H])c([2H])c6c([2H])c([2H])c3c4c56)c([2H])c([2H])c3c([2H])c([2H])c([2H])c([2H])c23)c([2H])c2c1Oc1c([2H])c([2H])c([2H])c3c([2H])c([2H])c([2H])c-2c13. The van der Waals surface area contributed by atoms with Gasteiger partial charge in [-0.25, -0.2) is 0 Å². The Morgan fingerprint density at radius 2 is 1.02 bits per heavy atom. The van der Waals surface area contributed by atoms with Gasteiger partial charge in [0.15, 0.2) is 0 Å². The van der Waals surface area contributed by atoms with Crippen LogP contribution in [-0.4, -0.2) is 0 Å². The molecule has 43 heavy (non-hydrogen) atoms. The van der Waals surface area contributed by atoms with Crippen LogP contribution in [0.5, 0.6) is 11.5 Å². The van der Waals surface area contributed by atoms with Crippen LogP contribution in [0.4, 0.5) is 0 Å². The lowest BCUT2D eigenvalue weighted by Crippen LogP contribution is -1.98. The maximum absolute atomic E-state index is 9.92. The van der Waals surface area contributed by atoms with E-state index in [4.69, 9.17) is 23.9 Å². The third kappa shape index (κ3) is 3.17. The Balaban J connectivity index is 1.52. The van der Waals surface area contributed by atoms with Crippen LogP contribution in [0.15, 0.2) is 145 Å². The molecule has 0 amide bonds. The summed E-state index contributed by atoms with van der Waals surface area (Å²) in [6, 6.07) is -19.7. The maximum atomic E-state index is 9.92. The van der Waals surface area contributed by atoms with E-state index in [1.54, 1.807) is 0 Å². The van der Waals surface area contributed by atoms with Crippen molar-refractivity contribution in [1.29, 1.82) is 0 Å². The van der Waals surface area contributed by atoms with Crippen LogP contribution >= 0.6 is 0 Å². The van der Waals surface area contributed by atoms with Crippen molar-refractivity contribution >= 4 is 53.9 Å². The van der Waals surface area contributed by atoms with Gasteiger partial charge < -0.3 is 4.74 Å². The highest BCUT2D eigenvalue weighted by Crippen LogP contribution is 2.50. The Bertz CT molecular complexity index is 3900. The minimum atomic E-state index is -0.981. The molecule has 0 unspecified atom stereocenters. The number of hydrogen-bond acceptors (Lipinski definition) is 1. The van der Waals surface area contributed by atoms with Gasteiger partial charge in [0, 0.05) is 10.9 Å². The van der Waals surface area contributed by atoms with Gasteiger partial charge in [-0.1, -0.05) is 127 Å². The fourth-order valence-corrected chi connectivity index (χ4v) is 5.67.